The highest BCUT2D eigenvalue weighted by Gasteiger charge is 2.28. The van der Waals surface area contributed by atoms with E-state index in [0.717, 1.165) is 29.6 Å². The SMILES string of the molecule is Cn1cccc1[C@H]1CCCN1CC(=O)NCCSc1ccc(Br)cc1. The Balaban J connectivity index is 1.41. The van der Waals surface area contributed by atoms with Crippen LogP contribution in [0, 0.1) is 0 Å². The summed E-state index contributed by atoms with van der Waals surface area (Å²) in [6.07, 6.45) is 4.36. The average molecular weight is 422 g/mol. The molecule has 0 radical (unpaired) electrons. The van der Waals surface area contributed by atoms with Crippen molar-refractivity contribution in [2.24, 2.45) is 7.05 Å². The van der Waals surface area contributed by atoms with Crippen molar-refractivity contribution in [3.63, 3.8) is 0 Å². The number of benzene rings is 1. The second-order valence-corrected chi connectivity index (χ2v) is 8.41. The zero-order chi connectivity index (χ0) is 17.6. The summed E-state index contributed by atoms with van der Waals surface area (Å²) in [5.74, 6) is 1.01. The molecule has 0 spiro atoms. The van der Waals surface area contributed by atoms with Gasteiger partial charge in [-0.15, -0.1) is 11.8 Å². The first-order valence-corrected chi connectivity index (χ1v) is 10.4. The molecule has 1 aromatic carbocycles. The number of carbonyl (C=O) groups is 1. The maximum atomic E-state index is 12.3. The summed E-state index contributed by atoms with van der Waals surface area (Å²) in [6.45, 7) is 2.18. The molecule has 6 heteroatoms. The predicted octanol–water partition coefficient (Wildman–Crippen LogP) is 3.83. The third kappa shape index (κ3) is 5.12. The third-order valence-corrected chi connectivity index (χ3v) is 6.08. The van der Waals surface area contributed by atoms with Gasteiger partial charge < -0.3 is 9.88 Å². The van der Waals surface area contributed by atoms with Crippen LogP contribution in [0.15, 0.2) is 52.0 Å². The van der Waals surface area contributed by atoms with Crippen LogP contribution in [0.25, 0.3) is 0 Å². The summed E-state index contributed by atoms with van der Waals surface area (Å²) >= 11 is 5.20. The van der Waals surface area contributed by atoms with E-state index < -0.39 is 0 Å². The second kappa shape index (κ2) is 8.92. The quantitative estimate of drug-likeness (QED) is 0.544. The van der Waals surface area contributed by atoms with Crippen LogP contribution in [0.4, 0.5) is 0 Å². The van der Waals surface area contributed by atoms with E-state index in [0.29, 0.717) is 19.1 Å². The molecule has 1 amide bonds. The first-order valence-electron chi connectivity index (χ1n) is 8.64. The molecule has 3 rings (SSSR count). The highest BCUT2D eigenvalue weighted by atomic mass is 79.9. The van der Waals surface area contributed by atoms with Crippen molar-refractivity contribution in [2.75, 3.05) is 25.4 Å². The van der Waals surface area contributed by atoms with Crippen LogP contribution in [-0.4, -0.2) is 40.8 Å². The zero-order valence-electron chi connectivity index (χ0n) is 14.5. The van der Waals surface area contributed by atoms with E-state index in [1.165, 1.54) is 10.6 Å². The number of hydrogen-bond acceptors (Lipinski definition) is 3. The number of nitrogens with zero attached hydrogens (tertiary/aromatic N) is 2. The van der Waals surface area contributed by atoms with Crippen molar-refractivity contribution in [1.82, 2.24) is 14.8 Å². The molecule has 25 heavy (non-hydrogen) atoms. The number of nitrogens with one attached hydrogen (secondary N) is 1. The molecule has 2 heterocycles. The summed E-state index contributed by atoms with van der Waals surface area (Å²) in [7, 11) is 2.07. The summed E-state index contributed by atoms with van der Waals surface area (Å²) in [5, 5.41) is 3.05. The van der Waals surface area contributed by atoms with Gasteiger partial charge in [0.2, 0.25) is 5.91 Å². The monoisotopic (exact) mass is 421 g/mol. The highest BCUT2D eigenvalue weighted by molar-refractivity contribution is 9.10. The molecule has 1 aliphatic rings. The maximum Gasteiger partial charge on any atom is 0.234 e. The molecule has 1 aliphatic heterocycles. The lowest BCUT2D eigenvalue weighted by Crippen LogP contribution is -2.38. The molecule has 0 bridgehead atoms. The van der Waals surface area contributed by atoms with E-state index in [1.807, 2.05) is 12.1 Å². The van der Waals surface area contributed by atoms with Crippen LogP contribution in [-0.2, 0) is 11.8 Å². The number of thioether (sulfide) groups is 1. The minimum Gasteiger partial charge on any atom is -0.354 e. The van der Waals surface area contributed by atoms with Crippen LogP contribution in [0.5, 0.6) is 0 Å². The van der Waals surface area contributed by atoms with Gasteiger partial charge in [0, 0.05) is 40.6 Å². The highest BCUT2D eigenvalue weighted by Crippen LogP contribution is 2.31. The van der Waals surface area contributed by atoms with Gasteiger partial charge in [-0.1, -0.05) is 15.9 Å². The lowest BCUT2D eigenvalue weighted by Gasteiger charge is -2.24. The van der Waals surface area contributed by atoms with Crippen molar-refractivity contribution in [3.05, 3.63) is 52.8 Å². The van der Waals surface area contributed by atoms with Gasteiger partial charge in [-0.3, -0.25) is 9.69 Å². The average Bonchev–Trinajstić information content (AvgIpc) is 3.21. The van der Waals surface area contributed by atoms with Gasteiger partial charge in [-0.05, 0) is 55.8 Å². The summed E-state index contributed by atoms with van der Waals surface area (Å²) in [4.78, 5) is 15.8. The first kappa shape index (κ1) is 18.5. The molecule has 134 valence electrons. The van der Waals surface area contributed by atoms with Gasteiger partial charge in [-0.2, -0.15) is 0 Å². The van der Waals surface area contributed by atoms with Crippen LogP contribution in [0.3, 0.4) is 0 Å². The van der Waals surface area contributed by atoms with Gasteiger partial charge in [-0.25, -0.2) is 0 Å². The Labute approximate surface area is 162 Å². The number of halogens is 1. The minimum absolute atomic E-state index is 0.123. The van der Waals surface area contributed by atoms with Gasteiger partial charge in [0.25, 0.3) is 0 Å². The van der Waals surface area contributed by atoms with Crippen LogP contribution in [0.1, 0.15) is 24.6 Å². The number of carbonyl (C=O) groups excluding carboxylic acids is 1. The third-order valence-electron chi connectivity index (χ3n) is 4.54. The number of hydrogen-bond donors (Lipinski definition) is 1. The van der Waals surface area contributed by atoms with Crippen LogP contribution >= 0.6 is 27.7 Å². The minimum atomic E-state index is 0.123. The maximum absolute atomic E-state index is 12.3. The fraction of sp³-hybridized carbons (Fsp3) is 0.421. The summed E-state index contributed by atoms with van der Waals surface area (Å²) < 4.78 is 3.25. The zero-order valence-corrected chi connectivity index (χ0v) is 16.9. The Kier molecular flexibility index (Phi) is 6.62. The van der Waals surface area contributed by atoms with E-state index in [9.17, 15) is 4.79 Å². The van der Waals surface area contributed by atoms with Crippen LogP contribution < -0.4 is 5.32 Å². The number of amides is 1. The topological polar surface area (TPSA) is 37.3 Å². The molecule has 2 aromatic rings. The normalized spacial score (nSPS) is 17.8. The van der Waals surface area contributed by atoms with E-state index >= 15 is 0 Å². The Hall–Kier alpha value is -1.24. The number of rotatable bonds is 7. The summed E-state index contributed by atoms with van der Waals surface area (Å²) in [5.41, 5.74) is 1.30. The Morgan fingerprint density at radius 2 is 2.12 bits per heavy atom. The molecule has 1 saturated heterocycles. The predicted molar refractivity (Wildman–Crippen MR) is 107 cm³/mol. The molecule has 1 N–H and O–H groups in total. The van der Waals surface area contributed by atoms with Crippen molar-refractivity contribution in [1.29, 1.82) is 0 Å². The number of aryl methyl sites for hydroxylation is 1. The van der Waals surface area contributed by atoms with E-state index in [-0.39, 0.29) is 5.91 Å². The van der Waals surface area contributed by atoms with Crippen molar-refractivity contribution < 1.29 is 4.79 Å². The van der Waals surface area contributed by atoms with E-state index in [2.05, 4.69) is 68.2 Å². The number of aromatic nitrogens is 1. The Morgan fingerprint density at radius 1 is 1.32 bits per heavy atom. The number of likely N-dealkylation sites (tertiary alicyclic amines) is 1. The molecule has 4 nitrogen and oxygen atoms in total. The van der Waals surface area contributed by atoms with Gasteiger partial charge >= 0.3 is 0 Å². The second-order valence-electron chi connectivity index (χ2n) is 6.32. The van der Waals surface area contributed by atoms with Gasteiger partial charge in [0.1, 0.15) is 0 Å². The molecule has 1 atom stereocenters. The van der Waals surface area contributed by atoms with Crippen molar-refractivity contribution >= 4 is 33.6 Å². The first-order chi connectivity index (χ1) is 12.1. The van der Waals surface area contributed by atoms with E-state index in [1.54, 1.807) is 11.8 Å². The smallest absolute Gasteiger partial charge is 0.234 e. The lowest BCUT2D eigenvalue weighted by molar-refractivity contribution is -0.122. The molecular weight excluding hydrogens is 398 g/mol. The van der Waals surface area contributed by atoms with Crippen molar-refractivity contribution in [3.8, 4) is 0 Å². The Morgan fingerprint density at radius 3 is 2.84 bits per heavy atom. The molecule has 1 aromatic heterocycles. The van der Waals surface area contributed by atoms with Gasteiger partial charge in [0.15, 0.2) is 0 Å². The largest absolute Gasteiger partial charge is 0.354 e. The Bertz CT molecular complexity index is 701. The fourth-order valence-corrected chi connectivity index (χ4v) is 4.33. The molecule has 0 aliphatic carbocycles. The standard InChI is InChI=1S/C19H24BrN3OS/c1-22-11-2-4-17(22)18-5-3-12-23(18)14-19(24)21-10-13-25-16-8-6-15(20)7-9-16/h2,4,6-9,11,18H,3,5,10,12-14H2,1H3,(H,21,24)/t18-/m1/s1. The lowest BCUT2D eigenvalue weighted by atomic mass is 10.1. The molecule has 0 saturated carbocycles. The summed E-state index contributed by atoms with van der Waals surface area (Å²) in [6, 6.07) is 12.9. The van der Waals surface area contributed by atoms with Crippen molar-refractivity contribution in [2.45, 2.75) is 23.8 Å². The van der Waals surface area contributed by atoms with Crippen LogP contribution in [0.2, 0.25) is 0 Å². The molecule has 0 unspecified atom stereocenters. The molecular formula is C19H24BrN3OS. The van der Waals surface area contributed by atoms with Gasteiger partial charge in [0.05, 0.1) is 12.6 Å². The molecule has 1 fully saturated rings. The fourth-order valence-electron chi connectivity index (χ4n) is 3.30. The van der Waals surface area contributed by atoms with E-state index in [4.69, 9.17) is 0 Å².